The molecule has 0 spiro atoms. The van der Waals surface area contributed by atoms with Crippen LogP contribution in [0.2, 0.25) is 0 Å². The molecule has 1 aromatic rings. The monoisotopic (exact) mass is 267 g/mol. The number of methoxy groups -OCH3 is 1. The van der Waals surface area contributed by atoms with Crippen molar-refractivity contribution in [2.24, 2.45) is 5.73 Å². The van der Waals surface area contributed by atoms with Crippen LogP contribution in [0.4, 0.5) is 5.69 Å². The molecule has 0 saturated carbocycles. The second-order valence-corrected chi connectivity index (χ2v) is 3.92. The van der Waals surface area contributed by atoms with Crippen molar-refractivity contribution in [2.45, 2.75) is 19.3 Å². The predicted molar refractivity (Wildman–Crippen MR) is 70.9 cm³/mol. The minimum Gasteiger partial charge on any atom is -0.493 e. The lowest BCUT2D eigenvalue weighted by Crippen LogP contribution is -2.09. The van der Waals surface area contributed by atoms with Crippen molar-refractivity contribution >= 4 is 11.5 Å². The van der Waals surface area contributed by atoms with E-state index < -0.39 is 4.92 Å². The Morgan fingerprint density at radius 2 is 2.16 bits per heavy atom. The largest absolute Gasteiger partial charge is 0.493 e. The first-order chi connectivity index (χ1) is 9.04. The Morgan fingerprint density at radius 1 is 1.42 bits per heavy atom. The summed E-state index contributed by atoms with van der Waals surface area (Å²) >= 11 is 0. The first-order valence-corrected chi connectivity index (χ1v) is 5.82. The van der Waals surface area contributed by atoms with Crippen molar-refractivity contribution in [1.82, 2.24) is 0 Å². The van der Waals surface area contributed by atoms with E-state index in [0.29, 0.717) is 30.9 Å². The molecule has 0 amide bonds. The molecule has 0 aliphatic heterocycles. The van der Waals surface area contributed by atoms with Crippen LogP contribution in [-0.2, 0) is 0 Å². The number of nitro groups is 1. The number of nitrogens with zero attached hydrogens (tertiary/aromatic N) is 1. The van der Waals surface area contributed by atoms with E-state index in [-0.39, 0.29) is 11.5 Å². The lowest BCUT2D eigenvalue weighted by Gasteiger charge is -2.10. The number of ether oxygens (including phenoxy) is 2. The number of benzene rings is 1. The standard InChI is InChI=1S/C12H17N3O4/c1-18-10-6-5-9(15(16)17)8-11(10)19-7-3-2-4-12(13)14/h5-6,8H,2-4,7H2,1H3,(H3,13,14). The topological polar surface area (TPSA) is 111 Å². The summed E-state index contributed by atoms with van der Waals surface area (Å²) in [5.41, 5.74) is 5.19. The van der Waals surface area contributed by atoms with Crippen LogP contribution in [-0.4, -0.2) is 24.5 Å². The third-order valence-electron chi connectivity index (χ3n) is 2.46. The van der Waals surface area contributed by atoms with Gasteiger partial charge in [-0.25, -0.2) is 0 Å². The summed E-state index contributed by atoms with van der Waals surface area (Å²) in [5.74, 6) is 0.949. The molecule has 0 saturated heterocycles. The highest BCUT2D eigenvalue weighted by molar-refractivity contribution is 5.76. The van der Waals surface area contributed by atoms with Crippen LogP contribution in [0.25, 0.3) is 0 Å². The average molecular weight is 267 g/mol. The van der Waals surface area contributed by atoms with E-state index in [1.807, 2.05) is 0 Å². The van der Waals surface area contributed by atoms with Crippen molar-refractivity contribution in [3.8, 4) is 11.5 Å². The highest BCUT2D eigenvalue weighted by Gasteiger charge is 2.12. The van der Waals surface area contributed by atoms with Gasteiger partial charge in [-0.15, -0.1) is 0 Å². The van der Waals surface area contributed by atoms with Gasteiger partial charge in [-0.3, -0.25) is 15.5 Å². The number of nitro benzene ring substituents is 1. The number of unbranched alkanes of at least 4 members (excludes halogenated alkanes) is 1. The van der Waals surface area contributed by atoms with E-state index in [1.54, 1.807) is 0 Å². The summed E-state index contributed by atoms with van der Waals surface area (Å²) in [6, 6.07) is 4.20. The summed E-state index contributed by atoms with van der Waals surface area (Å²) in [6.45, 7) is 0.394. The van der Waals surface area contributed by atoms with Gasteiger partial charge < -0.3 is 15.2 Å². The molecule has 0 atom stereocenters. The van der Waals surface area contributed by atoms with Crippen LogP contribution in [0, 0.1) is 15.5 Å². The zero-order valence-electron chi connectivity index (χ0n) is 10.7. The summed E-state index contributed by atoms with van der Waals surface area (Å²) in [7, 11) is 1.48. The van der Waals surface area contributed by atoms with Crippen LogP contribution in [0.1, 0.15) is 19.3 Å². The maximum absolute atomic E-state index is 10.7. The molecular weight excluding hydrogens is 250 g/mol. The van der Waals surface area contributed by atoms with Gasteiger partial charge in [-0.1, -0.05) is 0 Å². The van der Waals surface area contributed by atoms with E-state index in [2.05, 4.69) is 0 Å². The molecular formula is C12H17N3O4. The van der Waals surface area contributed by atoms with Crippen LogP contribution in [0.3, 0.4) is 0 Å². The summed E-state index contributed by atoms with van der Waals surface area (Å²) in [6.07, 6.45) is 1.98. The maximum atomic E-state index is 10.7. The summed E-state index contributed by atoms with van der Waals surface area (Å²) in [5, 5.41) is 17.8. The fourth-order valence-corrected chi connectivity index (χ4v) is 1.49. The van der Waals surface area contributed by atoms with Crippen LogP contribution >= 0.6 is 0 Å². The molecule has 0 unspecified atom stereocenters. The molecule has 1 aromatic carbocycles. The van der Waals surface area contributed by atoms with E-state index in [0.717, 1.165) is 6.42 Å². The van der Waals surface area contributed by atoms with Gasteiger partial charge in [0.05, 0.1) is 30.5 Å². The average Bonchev–Trinajstić information content (AvgIpc) is 2.37. The van der Waals surface area contributed by atoms with Gasteiger partial charge in [-0.2, -0.15) is 0 Å². The Morgan fingerprint density at radius 3 is 2.74 bits per heavy atom. The van der Waals surface area contributed by atoms with Crippen molar-refractivity contribution in [3.63, 3.8) is 0 Å². The summed E-state index contributed by atoms with van der Waals surface area (Å²) < 4.78 is 10.5. The van der Waals surface area contributed by atoms with Gasteiger partial charge in [-0.05, 0) is 18.9 Å². The molecule has 7 heteroatoms. The molecule has 0 aliphatic rings. The van der Waals surface area contributed by atoms with E-state index in [4.69, 9.17) is 20.6 Å². The van der Waals surface area contributed by atoms with Gasteiger partial charge in [0.25, 0.3) is 5.69 Å². The highest BCUT2D eigenvalue weighted by Crippen LogP contribution is 2.31. The first-order valence-electron chi connectivity index (χ1n) is 5.82. The van der Waals surface area contributed by atoms with Crippen molar-refractivity contribution < 1.29 is 14.4 Å². The molecule has 3 N–H and O–H groups in total. The molecule has 0 aliphatic carbocycles. The molecule has 0 radical (unpaired) electrons. The molecule has 19 heavy (non-hydrogen) atoms. The number of nitrogens with two attached hydrogens (primary N) is 1. The number of hydrogen-bond donors (Lipinski definition) is 2. The van der Waals surface area contributed by atoms with Crippen molar-refractivity contribution in [1.29, 1.82) is 5.41 Å². The minimum atomic E-state index is -0.484. The summed E-state index contributed by atoms with van der Waals surface area (Å²) in [4.78, 5) is 10.2. The number of rotatable bonds is 8. The molecule has 0 aromatic heterocycles. The van der Waals surface area contributed by atoms with Gasteiger partial charge >= 0.3 is 0 Å². The second kappa shape index (κ2) is 7.20. The Kier molecular flexibility index (Phi) is 5.59. The van der Waals surface area contributed by atoms with Crippen LogP contribution < -0.4 is 15.2 Å². The van der Waals surface area contributed by atoms with E-state index >= 15 is 0 Å². The lowest BCUT2D eigenvalue weighted by molar-refractivity contribution is -0.385. The van der Waals surface area contributed by atoms with Gasteiger partial charge in [0.15, 0.2) is 11.5 Å². The maximum Gasteiger partial charge on any atom is 0.273 e. The molecule has 7 nitrogen and oxygen atoms in total. The first kappa shape index (κ1) is 14.7. The third kappa shape index (κ3) is 4.82. The SMILES string of the molecule is COc1ccc([N+](=O)[O-])cc1OCCCCC(=N)N. The normalized spacial score (nSPS) is 9.95. The molecule has 0 fully saturated rings. The Labute approximate surface area is 111 Å². The molecule has 0 heterocycles. The zero-order chi connectivity index (χ0) is 14.3. The van der Waals surface area contributed by atoms with Gasteiger partial charge in [0, 0.05) is 12.5 Å². The van der Waals surface area contributed by atoms with Crippen molar-refractivity contribution in [3.05, 3.63) is 28.3 Å². The number of nitrogens with one attached hydrogen (secondary N) is 1. The Hall–Kier alpha value is -2.31. The van der Waals surface area contributed by atoms with Crippen LogP contribution in [0.15, 0.2) is 18.2 Å². The Bertz CT molecular complexity index is 462. The molecule has 1 rings (SSSR count). The second-order valence-electron chi connectivity index (χ2n) is 3.92. The zero-order valence-corrected chi connectivity index (χ0v) is 10.7. The van der Waals surface area contributed by atoms with E-state index in [9.17, 15) is 10.1 Å². The van der Waals surface area contributed by atoms with Gasteiger partial charge in [0.2, 0.25) is 0 Å². The number of non-ortho nitro benzene ring substituents is 1. The third-order valence-corrected chi connectivity index (χ3v) is 2.46. The van der Waals surface area contributed by atoms with Crippen LogP contribution in [0.5, 0.6) is 11.5 Å². The predicted octanol–water partition coefficient (Wildman–Crippen LogP) is 2.09. The van der Waals surface area contributed by atoms with E-state index in [1.165, 1.54) is 25.3 Å². The fourth-order valence-electron chi connectivity index (χ4n) is 1.49. The Balaban J connectivity index is 2.57. The smallest absolute Gasteiger partial charge is 0.273 e. The minimum absolute atomic E-state index is 0.0421. The fraction of sp³-hybridized carbons (Fsp3) is 0.417. The molecule has 104 valence electrons. The van der Waals surface area contributed by atoms with Crippen molar-refractivity contribution in [2.75, 3.05) is 13.7 Å². The van der Waals surface area contributed by atoms with Gasteiger partial charge in [0.1, 0.15) is 0 Å². The highest BCUT2D eigenvalue weighted by atomic mass is 16.6. The molecule has 0 bridgehead atoms. The quantitative estimate of drug-likeness (QED) is 0.246. The lowest BCUT2D eigenvalue weighted by atomic mass is 10.2. The number of hydrogen-bond acceptors (Lipinski definition) is 5. The number of amidine groups is 1.